The maximum Gasteiger partial charge on any atom is 0.276 e. The minimum absolute atomic E-state index is 0.222. The molecule has 0 aromatic heterocycles. The number of amides is 2. The summed E-state index contributed by atoms with van der Waals surface area (Å²) >= 11 is 0. The largest absolute Gasteiger partial charge is 0.484 e. The Morgan fingerprint density at radius 3 is 1.78 bits per heavy atom. The van der Waals surface area contributed by atoms with Crippen molar-refractivity contribution in [3.63, 3.8) is 0 Å². The quantitative estimate of drug-likeness (QED) is 0.561. The third kappa shape index (κ3) is 6.34. The average molecular weight is 429 g/mol. The molecule has 0 unspecified atom stereocenters. The van der Waals surface area contributed by atoms with Crippen molar-refractivity contribution in [2.75, 3.05) is 13.2 Å². The van der Waals surface area contributed by atoms with Crippen LogP contribution in [-0.4, -0.2) is 25.0 Å². The van der Waals surface area contributed by atoms with Crippen LogP contribution < -0.4 is 20.3 Å². The molecule has 3 aromatic rings. The van der Waals surface area contributed by atoms with E-state index in [0.717, 1.165) is 22.3 Å². The molecule has 0 saturated carbocycles. The van der Waals surface area contributed by atoms with Gasteiger partial charge in [0.15, 0.2) is 13.2 Å². The standard InChI is InChI=1S/C25H23N3O4/c1-17-3-10-23(13-18(17)2)32-16-25(30)28-27-24(29)15-31-22-11-8-21(9-12-22)20-6-4-19(14-26)5-7-20/h3-13H,15-16H2,1-2H3,(H,27,29)(H,28,30). The Hall–Kier alpha value is -4.31. The molecule has 0 atom stereocenters. The molecule has 162 valence electrons. The lowest BCUT2D eigenvalue weighted by molar-refractivity contribution is -0.131. The smallest absolute Gasteiger partial charge is 0.276 e. The Kier molecular flexibility index (Phi) is 7.44. The van der Waals surface area contributed by atoms with E-state index in [-0.39, 0.29) is 13.2 Å². The number of aryl methyl sites for hydroxylation is 2. The van der Waals surface area contributed by atoms with Crippen LogP contribution in [0.25, 0.3) is 11.1 Å². The molecule has 2 amide bonds. The molecule has 0 bridgehead atoms. The summed E-state index contributed by atoms with van der Waals surface area (Å²) in [7, 11) is 0. The molecule has 0 fully saturated rings. The minimum Gasteiger partial charge on any atom is -0.484 e. The molecule has 0 aliphatic carbocycles. The summed E-state index contributed by atoms with van der Waals surface area (Å²) in [4.78, 5) is 23.8. The van der Waals surface area contributed by atoms with E-state index in [2.05, 4.69) is 16.9 Å². The number of carbonyl (C=O) groups is 2. The fourth-order valence-electron chi connectivity index (χ4n) is 2.79. The van der Waals surface area contributed by atoms with Crippen LogP contribution in [-0.2, 0) is 9.59 Å². The number of rotatable bonds is 7. The molecular weight excluding hydrogens is 406 g/mol. The first kappa shape index (κ1) is 22.4. The van der Waals surface area contributed by atoms with E-state index in [1.165, 1.54) is 0 Å². The van der Waals surface area contributed by atoms with E-state index >= 15 is 0 Å². The van der Waals surface area contributed by atoms with Gasteiger partial charge in [0.25, 0.3) is 11.8 Å². The Labute approximate surface area is 186 Å². The van der Waals surface area contributed by atoms with Crippen LogP contribution >= 0.6 is 0 Å². The minimum atomic E-state index is -0.499. The summed E-state index contributed by atoms with van der Waals surface area (Å²) in [6.45, 7) is 3.48. The fraction of sp³-hybridized carbons (Fsp3) is 0.160. The number of hydrazine groups is 1. The summed E-state index contributed by atoms with van der Waals surface area (Å²) in [6.07, 6.45) is 0. The van der Waals surface area contributed by atoms with Gasteiger partial charge in [0.05, 0.1) is 11.6 Å². The summed E-state index contributed by atoms with van der Waals surface area (Å²) in [5.74, 6) is 0.119. The van der Waals surface area contributed by atoms with E-state index in [0.29, 0.717) is 17.1 Å². The maximum absolute atomic E-state index is 11.9. The summed E-state index contributed by atoms with van der Waals surface area (Å²) in [6, 6.07) is 22.1. The van der Waals surface area contributed by atoms with Gasteiger partial charge in [-0.05, 0) is 72.5 Å². The van der Waals surface area contributed by atoms with E-state index < -0.39 is 11.8 Å². The SMILES string of the molecule is Cc1ccc(OCC(=O)NNC(=O)COc2ccc(-c3ccc(C#N)cc3)cc2)cc1C. The zero-order chi connectivity index (χ0) is 22.9. The van der Waals surface area contributed by atoms with Crippen LogP contribution in [0.3, 0.4) is 0 Å². The van der Waals surface area contributed by atoms with Crippen molar-refractivity contribution in [3.05, 3.63) is 83.4 Å². The van der Waals surface area contributed by atoms with Gasteiger partial charge >= 0.3 is 0 Å². The monoisotopic (exact) mass is 429 g/mol. The number of nitriles is 1. The predicted molar refractivity (Wildman–Crippen MR) is 120 cm³/mol. The lowest BCUT2D eigenvalue weighted by atomic mass is 10.0. The topological polar surface area (TPSA) is 100 Å². The molecule has 0 heterocycles. The lowest BCUT2D eigenvalue weighted by Gasteiger charge is -2.11. The van der Waals surface area contributed by atoms with E-state index in [1.54, 1.807) is 30.3 Å². The second-order valence-electron chi connectivity index (χ2n) is 7.13. The van der Waals surface area contributed by atoms with Crippen LogP contribution in [0.4, 0.5) is 0 Å². The van der Waals surface area contributed by atoms with Gasteiger partial charge in [-0.3, -0.25) is 20.4 Å². The number of ether oxygens (including phenoxy) is 2. The summed E-state index contributed by atoms with van der Waals surface area (Å²) < 4.78 is 10.9. The Bertz CT molecular complexity index is 1130. The van der Waals surface area contributed by atoms with Crippen LogP contribution in [0.5, 0.6) is 11.5 Å². The van der Waals surface area contributed by atoms with E-state index in [4.69, 9.17) is 14.7 Å². The number of nitrogens with one attached hydrogen (secondary N) is 2. The fourth-order valence-corrected chi connectivity index (χ4v) is 2.79. The van der Waals surface area contributed by atoms with E-state index in [9.17, 15) is 9.59 Å². The van der Waals surface area contributed by atoms with Crippen molar-refractivity contribution in [2.24, 2.45) is 0 Å². The van der Waals surface area contributed by atoms with Crippen LogP contribution in [0.1, 0.15) is 16.7 Å². The van der Waals surface area contributed by atoms with Gasteiger partial charge in [-0.15, -0.1) is 0 Å². The Morgan fingerprint density at radius 1 is 0.750 bits per heavy atom. The molecule has 3 rings (SSSR count). The van der Waals surface area contributed by atoms with E-state index in [1.807, 2.05) is 50.2 Å². The van der Waals surface area contributed by atoms with Gasteiger partial charge in [0, 0.05) is 0 Å². The number of hydrogen-bond donors (Lipinski definition) is 2. The summed E-state index contributed by atoms with van der Waals surface area (Å²) in [5.41, 5.74) is 9.31. The van der Waals surface area contributed by atoms with Crippen LogP contribution in [0.15, 0.2) is 66.7 Å². The highest BCUT2D eigenvalue weighted by atomic mass is 16.5. The van der Waals surface area contributed by atoms with Crippen molar-refractivity contribution >= 4 is 11.8 Å². The lowest BCUT2D eigenvalue weighted by Crippen LogP contribution is -2.45. The van der Waals surface area contributed by atoms with Crippen molar-refractivity contribution in [3.8, 4) is 28.7 Å². The van der Waals surface area contributed by atoms with Crippen molar-refractivity contribution in [1.82, 2.24) is 10.9 Å². The molecular formula is C25H23N3O4. The van der Waals surface area contributed by atoms with Gasteiger partial charge in [-0.25, -0.2) is 0 Å². The van der Waals surface area contributed by atoms with Gasteiger partial charge in [0.1, 0.15) is 11.5 Å². The second kappa shape index (κ2) is 10.6. The third-order valence-corrected chi connectivity index (χ3v) is 4.76. The van der Waals surface area contributed by atoms with Gasteiger partial charge < -0.3 is 9.47 Å². The molecule has 0 aliphatic heterocycles. The average Bonchev–Trinajstić information content (AvgIpc) is 2.82. The molecule has 7 heteroatoms. The van der Waals surface area contributed by atoms with Gasteiger partial charge in [0.2, 0.25) is 0 Å². The number of benzene rings is 3. The van der Waals surface area contributed by atoms with Crippen molar-refractivity contribution in [2.45, 2.75) is 13.8 Å². The Morgan fingerprint density at radius 2 is 1.25 bits per heavy atom. The zero-order valence-electron chi connectivity index (χ0n) is 17.8. The molecule has 0 radical (unpaired) electrons. The predicted octanol–water partition coefficient (Wildman–Crippen LogP) is 3.45. The third-order valence-electron chi connectivity index (χ3n) is 4.76. The number of nitrogens with zero attached hydrogens (tertiary/aromatic N) is 1. The molecule has 0 saturated heterocycles. The van der Waals surface area contributed by atoms with Crippen molar-refractivity contribution < 1.29 is 19.1 Å². The van der Waals surface area contributed by atoms with Crippen LogP contribution in [0.2, 0.25) is 0 Å². The first-order valence-corrected chi connectivity index (χ1v) is 9.96. The molecule has 2 N–H and O–H groups in total. The molecule has 32 heavy (non-hydrogen) atoms. The number of hydrogen-bond acceptors (Lipinski definition) is 5. The zero-order valence-corrected chi connectivity index (χ0v) is 17.8. The highest BCUT2D eigenvalue weighted by molar-refractivity contribution is 5.83. The molecule has 7 nitrogen and oxygen atoms in total. The normalized spacial score (nSPS) is 10.0. The first-order valence-electron chi connectivity index (χ1n) is 9.96. The second-order valence-corrected chi connectivity index (χ2v) is 7.13. The summed E-state index contributed by atoms with van der Waals surface area (Å²) in [5, 5.41) is 8.87. The Balaban J connectivity index is 1.39. The highest BCUT2D eigenvalue weighted by Gasteiger charge is 2.07. The number of carbonyl (C=O) groups excluding carboxylic acids is 2. The first-order chi connectivity index (χ1) is 15.4. The maximum atomic E-state index is 11.9. The van der Waals surface area contributed by atoms with Gasteiger partial charge in [-0.2, -0.15) is 5.26 Å². The van der Waals surface area contributed by atoms with Crippen LogP contribution in [0, 0.1) is 25.2 Å². The van der Waals surface area contributed by atoms with Crippen molar-refractivity contribution in [1.29, 1.82) is 5.26 Å². The molecule has 3 aromatic carbocycles. The highest BCUT2D eigenvalue weighted by Crippen LogP contribution is 2.22. The van der Waals surface area contributed by atoms with Gasteiger partial charge in [-0.1, -0.05) is 30.3 Å². The molecule has 0 spiro atoms. The molecule has 0 aliphatic rings.